The van der Waals surface area contributed by atoms with Crippen LogP contribution in [0.1, 0.15) is 46.0 Å². The molecule has 0 saturated heterocycles. The summed E-state index contributed by atoms with van der Waals surface area (Å²) in [5.74, 6) is 1.99. The van der Waals surface area contributed by atoms with Gasteiger partial charge in [0.05, 0.1) is 0 Å². The van der Waals surface area contributed by atoms with Gasteiger partial charge < -0.3 is 10.2 Å². The van der Waals surface area contributed by atoms with Crippen molar-refractivity contribution < 1.29 is 0 Å². The van der Waals surface area contributed by atoms with E-state index in [1.165, 1.54) is 51.7 Å². The van der Waals surface area contributed by atoms with Crippen LogP contribution in [0.2, 0.25) is 0 Å². The van der Waals surface area contributed by atoms with Crippen LogP contribution in [0.3, 0.4) is 0 Å². The van der Waals surface area contributed by atoms with E-state index in [2.05, 4.69) is 31.1 Å². The molecule has 2 atom stereocenters. The van der Waals surface area contributed by atoms with Gasteiger partial charge in [-0.25, -0.2) is 0 Å². The Hall–Kier alpha value is -0.0800. The molecule has 0 amide bonds. The summed E-state index contributed by atoms with van der Waals surface area (Å²) in [6.07, 6.45) is 6.91. The molecule has 96 valence electrons. The van der Waals surface area contributed by atoms with Crippen molar-refractivity contribution in [2.75, 3.05) is 33.2 Å². The van der Waals surface area contributed by atoms with E-state index in [4.69, 9.17) is 0 Å². The number of nitrogens with one attached hydrogen (secondary N) is 1. The van der Waals surface area contributed by atoms with Gasteiger partial charge in [0.2, 0.25) is 0 Å². The number of rotatable bonds is 10. The zero-order valence-corrected chi connectivity index (χ0v) is 11.5. The van der Waals surface area contributed by atoms with E-state index in [1.54, 1.807) is 0 Å². The molecule has 1 aliphatic carbocycles. The van der Waals surface area contributed by atoms with Crippen molar-refractivity contribution in [1.82, 2.24) is 10.2 Å². The molecule has 0 bridgehead atoms. The first-order chi connectivity index (χ1) is 7.74. The number of nitrogens with zero attached hydrogens (tertiary/aromatic N) is 1. The summed E-state index contributed by atoms with van der Waals surface area (Å²) in [5, 5.41) is 3.54. The molecule has 1 rings (SSSR count). The number of unbranched alkanes of at least 4 members (excludes halogenated alkanes) is 3. The van der Waals surface area contributed by atoms with Gasteiger partial charge in [-0.3, -0.25) is 0 Å². The van der Waals surface area contributed by atoms with Gasteiger partial charge in [-0.15, -0.1) is 0 Å². The predicted molar refractivity (Wildman–Crippen MR) is 71.8 cm³/mol. The molecule has 1 aliphatic rings. The van der Waals surface area contributed by atoms with Gasteiger partial charge >= 0.3 is 0 Å². The Morgan fingerprint density at radius 1 is 1.19 bits per heavy atom. The molecule has 1 saturated carbocycles. The lowest BCUT2D eigenvalue weighted by Crippen LogP contribution is -2.31. The summed E-state index contributed by atoms with van der Waals surface area (Å²) in [6, 6.07) is 0. The highest BCUT2D eigenvalue weighted by Crippen LogP contribution is 2.37. The zero-order chi connectivity index (χ0) is 11.8. The van der Waals surface area contributed by atoms with Crippen LogP contribution >= 0.6 is 0 Å². The monoisotopic (exact) mass is 226 g/mol. The van der Waals surface area contributed by atoms with Gasteiger partial charge in [0.25, 0.3) is 0 Å². The highest BCUT2D eigenvalue weighted by molar-refractivity contribution is 4.84. The van der Waals surface area contributed by atoms with E-state index in [-0.39, 0.29) is 0 Å². The van der Waals surface area contributed by atoms with Crippen molar-refractivity contribution in [2.24, 2.45) is 11.8 Å². The molecule has 0 aromatic heterocycles. The third-order valence-electron chi connectivity index (χ3n) is 3.70. The Morgan fingerprint density at radius 2 is 1.94 bits per heavy atom. The minimum Gasteiger partial charge on any atom is -0.315 e. The van der Waals surface area contributed by atoms with Crippen molar-refractivity contribution >= 4 is 0 Å². The topological polar surface area (TPSA) is 15.3 Å². The van der Waals surface area contributed by atoms with E-state index >= 15 is 0 Å². The van der Waals surface area contributed by atoms with Crippen molar-refractivity contribution in [1.29, 1.82) is 0 Å². The fourth-order valence-electron chi connectivity index (χ4n) is 2.22. The molecule has 0 spiro atoms. The molecule has 16 heavy (non-hydrogen) atoms. The predicted octanol–water partition coefficient (Wildman–Crippen LogP) is 2.74. The standard InChI is InChI=1S/C14H30N2/c1-4-5-6-7-8-15-9-10-16(3)12-14-11-13(14)2/h13-15H,4-12H2,1-3H3. The largest absolute Gasteiger partial charge is 0.315 e. The Bertz CT molecular complexity index is 170. The smallest absolute Gasteiger partial charge is 0.0104 e. The summed E-state index contributed by atoms with van der Waals surface area (Å²) in [7, 11) is 2.25. The first-order valence-electron chi connectivity index (χ1n) is 7.13. The van der Waals surface area contributed by atoms with Gasteiger partial charge in [-0.1, -0.05) is 33.1 Å². The average molecular weight is 226 g/mol. The lowest BCUT2D eigenvalue weighted by molar-refractivity contribution is 0.313. The van der Waals surface area contributed by atoms with E-state index in [0.29, 0.717) is 0 Å². The van der Waals surface area contributed by atoms with E-state index in [1.807, 2.05) is 0 Å². The van der Waals surface area contributed by atoms with Gasteiger partial charge in [0.1, 0.15) is 0 Å². The second kappa shape index (κ2) is 8.08. The van der Waals surface area contributed by atoms with Crippen LogP contribution in [0.5, 0.6) is 0 Å². The summed E-state index contributed by atoms with van der Waals surface area (Å²) < 4.78 is 0. The van der Waals surface area contributed by atoms with E-state index in [0.717, 1.165) is 18.4 Å². The normalized spacial score (nSPS) is 24.0. The Kier molecular flexibility index (Phi) is 7.06. The number of hydrogen-bond acceptors (Lipinski definition) is 2. The van der Waals surface area contributed by atoms with E-state index in [9.17, 15) is 0 Å². The number of likely N-dealkylation sites (N-methyl/N-ethyl adjacent to an activating group) is 1. The molecule has 1 N–H and O–H groups in total. The first-order valence-corrected chi connectivity index (χ1v) is 7.13. The lowest BCUT2D eigenvalue weighted by atomic mass is 10.2. The van der Waals surface area contributed by atoms with Crippen LogP contribution < -0.4 is 5.32 Å². The molecule has 2 nitrogen and oxygen atoms in total. The minimum absolute atomic E-state index is 0.990. The van der Waals surface area contributed by atoms with Gasteiger partial charge in [-0.05, 0) is 38.3 Å². The maximum atomic E-state index is 3.54. The van der Waals surface area contributed by atoms with Crippen LogP contribution in [0.4, 0.5) is 0 Å². The molecular weight excluding hydrogens is 196 g/mol. The van der Waals surface area contributed by atoms with Crippen molar-refractivity contribution in [3.8, 4) is 0 Å². The van der Waals surface area contributed by atoms with Gasteiger partial charge in [0, 0.05) is 19.6 Å². The highest BCUT2D eigenvalue weighted by Gasteiger charge is 2.32. The van der Waals surface area contributed by atoms with E-state index < -0.39 is 0 Å². The van der Waals surface area contributed by atoms with Gasteiger partial charge in [0.15, 0.2) is 0 Å². The van der Waals surface area contributed by atoms with Crippen LogP contribution in [0.25, 0.3) is 0 Å². The van der Waals surface area contributed by atoms with Crippen LogP contribution in [-0.4, -0.2) is 38.1 Å². The second-order valence-corrected chi connectivity index (χ2v) is 5.55. The Balaban J connectivity index is 1.79. The molecule has 1 fully saturated rings. The third-order valence-corrected chi connectivity index (χ3v) is 3.70. The molecule has 2 unspecified atom stereocenters. The number of hydrogen-bond donors (Lipinski definition) is 1. The average Bonchev–Trinajstić information content (AvgIpc) is 2.93. The zero-order valence-electron chi connectivity index (χ0n) is 11.5. The molecule has 0 aromatic rings. The summed E-state index contributed by atoms with van der Waals surface area (Å²) >= 11 is 0. The quantitative estimate of drug-likeness (QED) is 0.576. The molecule has 2 heteroatoms. The van der Waals surface area contributed by atoms with Crippen LogP contribution in [0.15, 0.2) is 0 Å². The second-order valence-electron chi connectivity index (χ2n) is 5.55. The van der Waals surface area contributed by atoms with Crippen LogP contribution in [0, 0.1) is 11.8 Å². The van der Waals surface area contributed by atoms with Gasteiger partial charge in [-0.2, -0.15) is 0 Å². The van der Waals surface area contributed by atoms with Crippen molar-refractivity contribution in [3.63, 3.8) is 0 Å². The fraction of sp³-hybridized carbons (Fsp3) is 1.00. The van der Waals surface area contributed by atoms with Crippen molar-refractivity contribution in [2.45, 2.75) is 46.0 Å². The SMILES string of the molecule is CCCCCCNCCN(C)CC1CC1C. The maximum absolute atomic E-state index is 3.54. The molecule has 0 aliphatic heterocycles. The Labute approximate surface area is 102 Å². The highest BCUT2D eigenvalue weighted by atomic mass is 15.1. The maximum Gasteiger partial charge on any atom is 0.0104 e. The van der Waals surface area contributed by atoms with Crippen LogP contribution in [-0.2, 0) is 0 Å². The summed E-state index contributed by atoms with van der Waals surface area (Å²) in [6.45, 7) is 9.50. The Morgan fingerprint density at radius 3 is 2.56 bits per heavy atom. The summed E-state index contributed by atoms with van der Waals surface area (Å²) in [4.78, 5) is 2.48. The molecular formula is C14H30N2. The van der Waals surface area contributed by atoms with Crippen molar-refractivity contribution in [3.05, 3.63) is 0 Å². The minimum atomic E-state index is 0.990. The molecule has 0 heterocycles. The first kappa shape index (κ1) is 14.0. The fourth-order valence-corrected chi connectivity index (χ4v) is 2.22. The summed E-state index contributed by atoms with van der Waals surface area (Å²) in [5.41, 5.74) is 0. The molecule has 0 aromatic carbocycles. The third kappa shape index (κ3) is 6.49. The molecule has 0 radical (unpaired) electrons. The lowest BCUT2D eigenvalue weighted by Gasteiger charge is -2.16.